The molecule has 2 heterocycles. The summed E-state index contributed by atoms with van der Waals surface area (Å²) in [7, 11) is 0. The number of carbonyl (C=O) groups excluding carboxylic acids is 1. The molecule has 1 aromatic heterocycles. The normalized spacial score (nSPS) is 15.4. The van der Waals surface area contributed by atoms with Gasteiger partial charge in [0.25, 0.3) is 0 Å². The van der Waals surface area contributed by atoms with Gasteiger partial charge in [-0.2, -0.15) is 0 Å². The van der Waals surface area contributed by atoms with E-state index in [-0.39, 0.29) is 12.5 Å². The number of esters is 1. The lowest BCUT2D eigenvalue weighted by atomic mass is 10.1. The maximum Gasteiger partial charge on any atom is 0.329 e. The Morgan fingerprint density at radius 1 is 1.52 bits per heavy atom. The number of aromatic hydroxyl groups is 1. The molecule has 0 fully saturated rings. The van der Waals surface area contributed by atoms with Crippen LogP contribution < -0.4 is 4.87 Å². The number of ether oxygens (including phenoxy) is 1. The van der Waals surface area contributed by atoms with E-state index in [0.717, 1.165) is 37.2 Å². The molecule has 0 spiro atoms. The summed E-state index contributed by atoms with van der Waals surface area (Å²) in [6, 6.07) is 4.81. The van der Waals surface area contributed by atoms with Gasteiger partial charge in [-0.25, -0.2) is 4.79 Å². The number of carbonyl (C=O) groups is 1. The van der Waals surface area contributed by atoms with E-state index < -0.39 is 16.9 Å². The number of allylic oxidation sites excluding steroid dienone is 1. The Hall–Kier alpha value is -2.19. The van der Waals surface area contributed by atoms with Crippen LogP contribution in [0, 0.1) is 0 Å². The van der Waals surface area contributed by atoms with Gasteiger partial charge in [-0.1, -0.05) is 27.3 Å². The molecule has 2 aromatic rings. The number of hydrogen-bond donors (Lipinski definition) is 1. The fourth-order valence-corrected chi connectivity index (χ4v) is 3.78. The lowest BCUT2D eigenvalue weighted by Gasteiger charge is -2.12. The minimum atomic E-state index is -0.894. The highest BCUT2D eigenvalue weighted by atomic mass is 79.9. The van der Waals surface area contributed by atoms with E-state index in [1.54, 1.807) is 19.2 Å². The molecular formula is C17H15BrN2O4S. The molecule has 0 saturated carbocycles. The van der Waals surface area contributed by atoms with Gasteiger partial charge in [0, 0.05) is 21.8 Å². The minimum Gasteiger partial charge on any atom is -0.493 e. The molecular weight excluding hydrogens is 408 g/mol. The Morgan fingerprint density at radius 2 is 2.28 bits per heavy atom. The van der Waals surface area contributed by atoms with Crippen molar-refractivity contribution in [3.63, 3.8) is 0 Å². The zero-order valence-electron chi connectivity index (χ0n) is 13.5. The maximum atomic E-state index is 12.2. The SMILES string of the molecule is CCOC(=O)[C@H](C)n1c(O)c(C=C2C=Nc3ccc(Br)cc32)sc1=O. The Kier molecular flexibility index (Phi) is 4.91. The molecule has 1 aromatic carbocycles. The zero-order valence-corrected chi connectivity index (χ0v) is 15.9. The molecule has 0 amide bonds. The monoisotopic (exact) mass is 422 g/mol. The summed E-state index contributed by atoms with van der Waals surface area (Å²) in [5, 5.41) is 10.4. The summed E-state index contributed by atoms with van der Waals surface area (Å²) >= 11 is 4.29. The highest BCUT2D eigenvalue weighted by Crippen LogP contribution is 2.36. The molecule has 1 aliphatic heterocycles. The van der Waals surface area contributed by atoms with Crippen molar-refractivity contribution in [2.75, 3.05) is 6.61 Å². The summed E-state index contributed by atoms with van der Waals surface area (Å²) in [4.78, 5) is 28.4. The number of hydrogen-bond acceptors (Lipinski definition) is 6. The van der Waals surface area contributed by atoms with Crippen LogP contribution in [0.5, 0.6) is 5.88 Å². The molecule has 130 valence electrons. The van der Waals surface area contributed by atoms with Crippen molar-refractivity contribution in [1.29, 1.82) is 0 Å². The molecule has 0 saturated heterocycles. The van der Waals surface area contributed by atoms with Crippen molar-refractivity contribution in [1.82, 2.24) is 4.57 Å². The van der Waals surface area contributed by atoms with Crippen molar-refractivity contribution in [3.8, 4) is 5.88 Å². The van der Waals surface area contributed by atoms with E-state index in [2.05, 4.69) is 20.9 Å². The minimum absolute atomic E-state index is 0.210. The van der Waals surface area contributed by atoms with Crippen LogP contribution in [0.1, 0.15) is 30.3 Å². The van der Waals surface area contributed by atoms with Crippen molar-refractivity contribution in [2.45, 2.75) is 19.9 Å². The third kappa shape index (κ3) is 3.32. The summed E-state index contributed by atoms with van der Waals surface area (Å²) in [5.41, 5.74) is 2.50. The summed E-state index contributed by atoms with van der Waals surface area (Å²) < 4.78 is 6.88. The number of benzene rings is 1. The molecule has 0 bridgehead atoms. The first-order valence-corrected chi connectivity index (χ1v) is 9.20. The molecule has 0 aliphatic carbocycles. The van der Waals surface area contributed by atoms with Crippen molar-refractivity contribution >= 4 is 56.8 Å². The predicted octanol–water partition coefficient (Wildman–Crippen LogP) is 3.76. The van der Waals surface area contributed by atoms with Gasteiger partial charge >= 0.3 is 10.8 Å². The standard InChI is InChI=1S/C17H15BrN2O4S/c1-3-24-16(22)9(2)20-15(21)14(25-17(20)23)6-10-8-19-13-5-4-11(18)7-12(10)13/h4-9,21H,3H2,1-2H3/t9-/m0/s1. The van der Waals surface area contributed by atoms with Crippen LogP contribution in [0.25, 0.3) is 11.6 Å². The molecule has 1 aliphatic rings. The van der Waals surface area contributed by atoms with E-state index in [9.17, 15) is 14.7 Å². The number of rotatable bonds is 4. The molecule has 3 rings (SSSR count). The molecule has 25 heavy (non-hydrogen) atoms. The number of nitrogens with zero attached hydrogens (tertiary/aromatic N) is 2. The smallest absolute Gasteiger partial charge is 0.329 e. The van der Waals surface area contributed by atoms with Gasteiger partial charge in [0.1, 0.15) is 6.04 Å². The van der Waals surface area contributed by atoms with E-state index in [1.807, 2.05) is 18.2 Å². The van der Waals surface area contributed by atoms with Gasteiger partial charge in [0.2, 0.25) is 5.88 Å². The first-order chi connectivity index (χ1) is 11.9. The van der Waals surface area contributed by atoms with Crippen LogP contribution in [-0.4, -0.2) is 28.5 Å². The van der Waals surface area contributed by atoms with Gasteiger partial charge in [0.05, 0.1) is 17.2 Å². The number of fused-ring (bicyclic) bond motifs is 1. The Labute approximate surface area is 156 Å². The molecule has 6 nitrogen and oxygen atoms in total. The molecule has 8 heteroatoms. The predicted molar refractivity (Wildman–Crippen MR) is 102 cm³/mol. The molecule has 1 atom stereocenters. The van der Waals surface area contributed by atoms with E-state index in [1.165, 1.54) is 6.92 Å². The van der Waals surface area contributed by atoms with Gasteiger partial charge in [0.15, 0.2) is 0 Å². The van der Waals surface area contributed by atoms with Crippen LogP contribution in [0.3, 0.4) is 0 Å². The van der Waals surface area contributed by atoms with E-state index >= 15 is 0 Å². The lowest BCUT2D eigenvalue weighted by Crippen LogP contribution is -2.25. The summed E-state index contributed by atoms with van der Waals surface area (Å²) in [6.45, 7) is 3.42. The van der Waals surface area contributed by atoms with E-state index in [0.29, 0.717) is 4.88 Å². The first kappa shape index (κ1) is 17.6. The zero-order chi connectivity index (χ0) is 18.1. The van der Waals surface area contributed by atoms with Crippen LogP contribution in [0.4, 0.5) is 5.69 Å². The first-order valence-electron chi connectivity index (χ1n) is 7.59. The fraction of sp³-hybridized carbons (Fsp3) is 0.235. The topological polar surface area (TPSA) is 80.9 Å². The van der Waals surface area contributed by atoms with Crippen molar-refractivity contribution in [2.24, 2.45) is 4.99 Å². The highest BCUT2D eigenvalue weighted by Gasteiger charge is 2.24. The number of halogens is 1. The third-order valence-electron chi connectivity index (χ3n) is 3.76. The van der Waals surface area contributed by atoms with Gasteiger partial charge in [-0.15, -0.1) is 0 Å². The molecule has 1 N–H and O–H groups in total. The van der Waals surface area contributed by atoms with Crippen molar-refractivity contribution in [3.05, 3.63) is 42.8 Å². The van der Waals surface area contributed by atoms with Gasteiger partial charge in [-0.05, 0) is 38.1 Å². The molecule has 0 unspecified atom stereocenters. The van der Waals surface area contributed by atoms with Gasteiger partial charge in [-0.3, -0.25) is 14.4 Å². The van der Waals surface area contributed by atoms with Crippen LogP contribution in [0.2, 0.25) is 0 Å². The second-order valence-electron chi connectivity index (χ2n) is 5.37. The van der Waals surface area contributed by atoms with Gasteiger partial charge < -0.3 is 9.84 Å². The average molecular weight is 423 g/mol. The number of aromatic nitrogens is 1. The fourth-order valence-electron chi connectivity index (χ4n) is 2.51. The second-order valence-corrected chi connectivity index (χ2v) is 7.28. The Bertz CT molecular complexity index is 958. The Balaban J connectivity index is 2.01. The Morgan fingerprint density at radius 3 is 3.00 bits per heavy atom. The largest absolute Gasteiger partial charge is 0.493 e. The quantitative estimate of drug-likeness (QED) is 0.760. The molecule has 0 radical (unpaired) electrons. The average Bonchev–Trinajstić information content (AvgIpc) is 3.08. The summed E-state index contributed by atoms with van der Waals surface area (Å²) in [5.74, 6) is -0.812. The number of aliphatic imine (C=N–C) groups is 1. The van der Waals surface area contributed by atoms with Crippen LogP contribution >= 0.6 is 27.3 Å². The summed E-state index contributed by atoms with van der Waals surface area (Å²) in [6.07, 6.45) is 3.37. The van der Waals surface area contributed by atoms with Crippen molar-refractivity contribution < 1.29 is 14.6 Å². The number of thiazole rings is 1. The van der Waals surface area contributed by atoms with E-state index in [4.69, 9.17) is 4.74 Å². The van der Waals surface area contributed by atoms with Crippen LogP contribution in [-0.2, 0) is 9.53 Å². The highest BCUT2D eigenvalue weighted by molar-refractivity contribution is 9.10. The third-order valence-corrected chi connectivity index (χ3v) is 5.14. The lowest BCUT2D eigenvalue weighted by molar-refractivity contribution is -0.146. The maximum absolute atomic E-state index is 12.2. The van der Waals surface area contributed by atoms with Crippen LogP contribution in [0.15, 0.2) is 32.5 Å². The second kappa shape index (κ2) is 6.97.